The summed E-state index contributed by atoms with van der Waals surface area (Å²) in [4.78, 5) is 27.9. The number of halogens is 2. The van der Waals surface area contributed by atoms with Gasteiger partial charge in [0, 0.05) is 38.6 Å². The minimum absolute atomic E-state index is 0.0283. The second kappa shape index (κ2) is 11.2. The number of pyridine rings is 1. The van der Waals surface area contributed by atoms with Crippen LogP contribution in [0.15, 0.2) is 59.5 Å². The summed E-state index contributed by atoms with van der Waals surface area (Å²) in [5, 5.41) is 11.3. The Balaban J connectivity index is 1.69. The van der Waals surface area contributed by atoms with E-state index in [0.717, 1.165) is 24.2 Å². The van der Waals surface area contributed by atoms with E-state index in [9.17, 15) is 23.7 Å². The molecule has 9 nitrogen and oxygen atoms in total. The summed E-state index contributed by atoms with van der Waals surface area (Å²) in [6.07, 6.45) is 1.46. The van der Waals surface area contributed by atoms with Crippen LogP contribution < -0.4 is 10.3 Å². The van der Waals surface area contributed by atoms with Crippen molar-refractivity contribution < 1.29 is 23.2 Å². The Labute approximate surface area is 218 Å². The van der Waals surface area contributed by atoms with Gasteiger partial charge in [0.1, 0.15) is 25.0 Å². The first kappa shape index (κ1) is 27.1. The summed E-state index contributed by atoms with van der Waals surface area (Å²) in [6, 6.07) is 12.0. The Morgan fingerprint density at radius 3 is 2.61 bits per heavy atom. The number of rotatable bonds is 11. The third-order valence-corrected chi connectivity index (χ3v) is 7.65. The fourth-order valence-corrected chi connectivity index (χ4v) is 4.61. The number of hydrogen-bond donors (Lipinski definition) is 0. The van der Waals surface area contributed by atoms with E-state index in [1.165, 1.54) is 22.9 Å². The lowest BCUT2D eigenvalue weighted by Gasteiger charge is -2.16. The molecule has 0 aliphatic rings. The maximum Gasteiger partial charge on any atom is 0.334 e. The van der Waals surface area contributed by atoms with Gasteiger partial charge in [0.2, 0.25) is 0 Å². The quantitative estimate of drug-likeness (QED) is 0.110. The first-order valence-corrected chi connectivity index (χ1v) is 15.7. The molecule has 2 aromatic heterocycles. The van der Waals surface area contributed by atoms with Crippen LogP contribution in [0.4, 0.5) is 14.5 Å². The van der Waals surface area contributed by atoms with Gasteiger partial charge in [0.15, 0.2) is 11.6 Å². The van der Waals surface area contributed by atoms with Crippen molar-refractivity contribution in [2.75, 3.05) is 6.61 Å². The van der Waals surface area contributed by atoms with E-state index >= 15 is 0 Å². The molecule has 0 saturated carbocycles. The molecule has 2 aromatic carbocycles. The monoisotopic (exact) mass is 542 g/mol. The molecule has 0 saturated heterocycles. The van der Waals surface area contributed by atoms with Crippen molar-refractivity contribution in [3.63, 3.8) is 0 Å². The molecule has 0 atom stereocenters. The number of nitrogens with zero attached hydrogens (tertiary/aromatic N) is 4. The van der Waals surface area contributed by atoms with Crippen LogP contribution in [0.5, 0.6) is 5.75 Å². The third kappa shape index (κ3) is 6.32. The zero-order chi connectivity index (χ0) is 27.4. The van der Waals surface area contributed by atoms with Crippen LogP contribution in [0, 0.1) is 21.7 Å². The van der Waals surface area contributed by atoms with E-state index in [2.05, 4.69) is 19.6 Å². The first-order chi connectivity index (χ1) is 18.0. The molecule has 0 N–H and O–H groups in total. The van der Waals surface area contributed by atoms with Crippen LogP contribution in [0.25, 0.3) is 11.0 Å². The van der Waals surface area contributed by atoms with Crippen molar-refractivity contribution in [1.82, 2.24) is 14.1 Å². The number of para-hydroxylation sites is 1. The number of hydrogen-bond acceptors (Lipinski definition) is 6. The second-order valence-corrected chi connectivity index (χ2v) is 15.7. The van der Waals surface area contributed by atoms with Crippen LogP contribution >= 0.6 is 0 Å². The fourth-order valence-electron chi connectivity index (χ4n) is 3.86. The SMILES string of the molecule is C[Si](C)(C)CCOCn1c(Cn2cccc([N+](=O)[O-])c2=O)nc2c(COc3ccc(F)cc3F)cccc21. The number of fused-ring (bicyclic) bond motifs is 1. The molecule has 0 aliphatic carbocycles. The fraction of sp³-hybridized carbons (Fsp3) is 0.308. The van der Waals surface area contributed by atoms with Crippen molar-refractivity contribution in [1.29, 1.82) is 0 Å². The molecule has 38 heavy (non-hydrogen) atoms. The van der Waals surface area contributed by atoms with E-state index in [1.807, 2.05) is 10.6 Å². The Hall–Kier alpha value is -3.90. The normalized spacial score (nSPS) is 11.7. The molecule has 0 radical (unpaired) electrons. The molecule has 0 fully saturated rings. The summed E-state index contributed by atoms with van der Waals surface area (Å²) in [7, 11) is -1.32. The van der Waals surface area contributed by atoms with Crippen molar-refractivity contribution in [2.45, 2.75) is 45.6 Å². The zero-order valence-electron chi connectivity index (χ0n) is 21.3. The summed E-state index contributed by atoms with van der Waals surface area (Å²) >= 11 is 0. The van der Waals surface area contributed by atoms with E-state index in [4.69, 9.17) is 14.5 Å². The van der Waals surface area contributed by atoms with Gasteiger partial charge in [-0.05, 0) is 30.3 Å². The number of ether oxygens (including phenoxy) is 2. The zero-order valence-corrected chi connectivity index (χ0v) is 22.3. The maximum atomic E-state index is 14.1. The van der Waals surface area contributed by atoms with Crippen LogP contribution in [-0.4, -0.2) is 33.7 Å². The Morgan fingerprint density at radius 2 is 1.89 bits per heavy atom. The Morgan fingerprint density at radius 1 is 1.11 bits per heavy atom. The van der Waals surface area contributed by atoms with E-state index < -0.39 is 35.9 Å². The number of nitro groups is 1. The average Bonchev–Trinajstić information content (AvgIpc) is 3.19. The highest BCUT2D eigenvalue weighted by atomic mass is 28.3. The molecule has 200 valence electrons. The predicted molar refractivity (Wildman–Crippen MR) is 141 cm³/mol. The van der Waals surface area contributed by atoms with Gasteiger partial charge in [0.05, 0.1) is 22.5 Å². The van der Waals surface area contributed by atoms with Crippen LogP contribution in [0.2, 0.25) is 25.7 Å². The lowest BCUT2D eigenvalue weighted by molar-refractivity contribution is -0.386. The maximum absolute atomic E-state index is 14.1. The van der Waals surface area contributed by atoms with Gasteiger partial charge in [-0.2, -0.15) is 0 Å². The average molecular weight is 543 g/mol. The highest BCUT2D eigenvalue weighted by Crippen LogP contribution is 2.24. The number of benzene rings is 2. The number of imidazole rings is 1. The van der Waals surface area contributed by atoms with Gasteiger partial charge in [-0.25, -0.2) is 13.8 Å². The van der Waals surface area contributed by atoms with Gasteiger partial charge in [-0.15, -0.1) is 0 Å². The molecule has 2 heterocycles. The van der Waals surface area contributed by atoms with Crippen molar-refractivity contribution in [3.05, 3.63) is 98.2 Å². The minimum Gasteiger partial charge on any atom is -0.486 e. The van der Waals surface area contributed by atoms with Crippen molar-refractivity contribution in [3.8, 4) is 5.75 Å². The molecule has 0 spiro atoms. The van der Waals surface area contributed by atoms with E-state index in [0.29, 0.717) is 29.0 Å². The molecule has 0 unspecified atom stereocenters. The summed E-state index contributed by atoms with van der Waals surface area (Å²) in [6.45, 7) is 7.40. The van der Waals surface area contributed by atoms with Gasteiger partial charge in [-0.3, -0.25) is 14.9 Å². The van der Waals surface area contributed by atoms with Gasteiger partial charge in [0.25, 0.3) is 0 Å². The third-order valence-electron chi connectivity index (χ3n) is 5.94. The number of aromatic nitrogens is 3. The van der Waals surface area contributed by atoms with Crippen LogP contribution in [0.1, 0.15) is 11.4 Å². The molecule has 12 heteroatoms. The molecule has 4 rings (SSSR count). The van der Waals surface area contributed by atoms with Crippen LogP contribution in [-0.2, 0) is 24.6 Å². The Kier molecular flexibility index (Phi) is 8.02. The Bertz CT molecular complexity index is 1530. The van der Waals surface area contributed by atoms with Crippen molar-refractivity contribution in [2.24, 2.45) is 0 Å². The highest BCUT2D eigenvalue weighted by Gasteiger charge is 2.19. The van der Waals surface area contributed by atoms with Gasteiger partial charge >= 0.3 is 11.2 Å². The molecule has 0 bridgehead atoms. The second-order valence-electron chi connectivity index (χ2n) is 10.0. The van der Waals surface area contributed by atoms with Crippen LogP contribution in [0.3, 0.4) is 0 Å². The topological polar surface area (TPSA) is 101 Å². The highest BCUT2D eigenvalue weighted by molar-refractivity contribution is 6.76. The summed E-state index contributed by atoms with van der Waals surface area (Å²) in [5.74, 6) is -1.16. The predicted octanol–water partition coefficient (Wildman–Crippen LogP) is 5.32. The standard InChI is InChI=1S/C26H28F2N4O5Si/c1-38(2,3)13-12-36-17-31-21-7-4-6-18(16-37-23-10-9-19(27)14-20(23)28)25(21)29-24(31)15-30-11-5-8-22(26(30)33)32(34)35/h4-11,14H,12-13,15-17H2,1-3H3. The lowest BCUT2D eigenvalue weighted by atomic mass is 10.2. The van der Waals surface area contributed by atoms with Gasteiger partial charge in [-0.1, -0.05) is 31.8 Å². The largest absolute Gasteiger partial charge is 0.486 e. The molecular formula is C26H28F2N4O5Si. The minimum atomic E-state index is -1.32. The molecule has 4 aromatic rings. The van der Waals surface area contributed by atoms with Crippen molar-refractivity contribution >= 4 is 24.8 Å². The smallest absolute Gasteiger partial charge is 0.334 e. The van der Waals surface area contributed by atoms with E-state index in [1.54, 1.807) is 12.1 Å². The summed E-state index contributed by atoms with van der Waals surface area (Å²) < 4.78 is 42.0. The summed E-state index contributed by atoms with van der Waals surface area (Å²) in [5.41, 5.74) is 0.618. The lowest BCUT2D eigenvalue weighted by Crippen LogP contribution is -2.24. The molecular weight excluding hydrogens is 514 g/mol. The van der Waals surface area contributed by atoms with E-state index in [-0.39, 0.29) is 25.6 Å². The molecule has 0 amide bonds. The van der Waals surface area contributed by atoms with Gasteiger partial charge < -0.3 is 18.6 Å². The molecule has 0 aliphatic heterocycles. The first-order valence-electron chi connectivity index (χ1n) is 12.0.